The molecule has 4 rings (SSSR count). The Hall–Kier alpha value is -2.89. The second kappa shape index (κ2) is 6.44. The zero-order chi connectivity index (χ0) is 18.3. The number of hydrogen-bond donors (Lipinski definition) is 1. The Morgan fingerprint density at radius 2 is 2.12 bits per heavy atom. The lowest BCUT2D eigenvalue weighted by Crippen LogP contribution is -2.44. The van der Waals surface area contributed by atoms with Gasteiger partial charge in [-0.15, -0.1) is 0 Å². The molecule has 26 heavy (non-hydrogen) atoms. The van der Waals surface area contributed by atoms with Crippen molar-refractivity contribution in [1.29, 1.82) is 0 Å². The number of para-hydroxylation sites is 1. The van der Waals surface area contributed by atoms with E-state index in [1.807, 2.05) is 17.0 Å². The van der Waals surface area contributed by atoms with Gasteiger partial charge in [-0.2, -0.15) is 0 Å². The van der Waals surface area contributed by atoms with Gasteiger partial charge in [-0.1, -0.05) is 32.0 Å². The number of carbonyl (C=O) groups is 1. The second-order valence-electron chi connectivity index (χ2n) is 7.12. The van der Waals surface area contributed by atoms with Crippen LogP contribution in [0.5, 0.6) is 0 Å². The molecule has 0 saturated carbocycles. The molecule has 3 heterocycles. The quantitative estimate of drug-likeness (QED) is 0.789. The Morgan fingerprint density at radius 1 is 1.31 bits per heavy atom. The first-order chi connectivity index (χ1) is 12.6. The van der Waals surface area contributed by atoms with Gasteiger partial charge in [0.1, 0.15) is 6.54 Å². The van der Waals surface area contributed by atoms with Crippen molar-refractivity contribution < 1.29 is 4.79 Å². The number of rotatable bonds is 3. The molecule has 2 aromatic heterocycles. The predicted octanol–water partition coefficient (Wildman–Crippen LogP) is 2.51. The molecule has 6 heteroatoms. The molecule has 0 unspecified atom stereocenters. The molecule has 1 amide bonds. The van der Waals surface area contributed by atoms with Gasteiger partial charge in [0.2, 0.25) is 5.91 Å². The van der Waals surface area contributed by atoms with E-state index >= 15 is 0 Å². The van der Waals surface area contributed by atoms with Crippen molar-refractivity contribution in [3.8, 4) is 0 Å². The number of benzene rings is 1. The van der Waals surface area contributed by atoms with Crippen molar-refractivity contribution in [2.45, 2.75) is 32.9 Å². The van der Waals surface area contributed by atoms with Gasteiger partial charge in [-0.3, -0.25) is 9.36 Å². The van der Waals surface area contributed by atoms with Crippen LogP contribution in [0.3, 0.4) is 0 Å². The third kappa shape index (κ3) is 2.71. The average Bonchev–Trinajstić information content (AvgIpc) is 3.01. The maximum absolute atomic E-state index is 13.0. The summed E-state index contributed by atoms with van der Waals surface area (Å²) in [6.07, 6.45) is 3.87. The number of hydrogen-bond acceptors (Lipinski definition) is 3. The minimum atomic E-state index is -0.398. The molecule has 1 N–H and O–H groups in total. The molecule has 1 aliphatic heterocycles. The van der Waals surface area contributed by atoms with E-state index in [2.05, 4.69) is 35.9 Å². The van der Waals surface area contributed by atoms with Crippen LogP contribution in [0.25, 0.3) is 10.9 Å². The van der Waals surface area contributed by atoms with E-state index in [0.717, 1.165) is 17.6 Å². The molecule has 1 aliphatic rings. The summed E-state index contributed by atoms with van der Waals surface area (Å²) in [6.45, 7) is 4.93. The molecule has 6 nitrogen and oxygen atoms in total. The Bertz CT molecular complexity index is 1020. The molecule has 0 spiro atoms. The summed E-state index contributed by atoms with van der Waals surface area (Å²) < 4.78 is 1.36. The first-order valence-corrected chi connectivity index (χ1v) is 8.96. The fraction of sp³-hybridized carbons (Fsp3) is 0.350. The number of H-pyrrole nitrogens is 1. The van der Waals surface area contributed by atoms with Crippen LogP contribution in [-0.2, 0) is 17.8 Å². The molecule has 0 aliphatic carbocycles. The van der Waals surface area contributed by atoms with Crippen molar-refractivity contribution in [1.82, 2.24) is 19.4 Å². The lowest BCUT2D eigenvalue weighted by atomic mass is 9.90. The number of nitrogens with zero attached hydrogens (tertiary/aromatic N) is 3. The number of amides is 1. The van der Waals surface area contributed by atoms with Crippen LogP contribution >= 0.6 is 0 Å². The number of fused-ring (bicyclic) bond motifs is 3. The zero-order valence-corrected chi connectivity index (χ0v) is 15.0. The summed E-state index contributed by atoms with van der Waals surface area (Å²) in [7, 11) is 0. The Morgan fingerprint density at radius 3 is 2.88 bits per heavy atom. The highest BCUT2D eigenvalue weighted by Gasteiger charge is 2.35. The highest BCUT2D eigenvalue weighted by molar-refractivity contribution is 5.86. The van der Waals surface area contributed by atoms with E-state index in [1.54, 1.807) is 12.3 Å². The van der Waals surface area contributed by atoms with Crippen LogP contribution in [0.4, 0.5) is 0 Å². The van der Waals surface area contributed by atoms with Crippen LogP contribution in [0.2, 0.25) is 0 Å². The number of nitrogens with one attached hydrogen (secondary N) is 1. The number of carbonyl (C=O) groups excluding carboxylic acids is 1. The molecule has 0 radical (unpaired) electrons. The van der Waals surface area contributed by atoms with Crippen molar-refractivity contribution in [3.63, 3.8) is 0 Å². The van der Waals surface area contributed by atoms with Gasteiger partial charge >= 0.3 is 5.69 Å². The summed E-state index contributed by atoms with van der Waals surface area (Å²) in [6, 6.07) is 9.92. The standard InChI is InChI=1S/C20H22N4O2/c1-13(2)19-18-15(14-6-3-4-7-16(14)22-18)8-11-24(19)17(25)12-23-10-5-9-21-20(23)26/h3-7,9-10,13,19,22H,8,11-12H2,1-2H3/t19-/m0/s1. The smallest absolute Gasteiger partial charge is 0.347 e. The summed E-state index contributed by atoms with van der Waals surface area (Å²) in [4.78, 5) is 34.0. The minimum absolute atomic E-state index is 0.0193. The average molecular weight is 350 g/mol. The van der Waals surface area contributed by atoms with E-state index in [1.165, 1.54) is 21.7 Å². The van der Waals surface area contributed by atoms with Crippen LogP contribution in [0, 0.1) is 5.92 Å². The summed E-state index contributed by atoms with van der Waals surface area (Å²) >= 11 is 0. The van der Waals surface area contributed by atoms with Gasteiger partial charge < -0.3 is 9.88 Å². The molecule has 0 bridgehead atoms. The van der Waals surface area contributed by atoms with Gasteiger partial charge in [0, 0.05) is 35.5 Å². The Balaban J connectivity index is 1.70. The largest absolute Gasteiger partial charge is 0.356 e. The molecule has 1 atom stereocenters. The van der Waals surface area contributed by atoms with Crippen molar-refractivity contribution in [2.24, 2.45) is 5.92 Å². The van der Waals surface area contributed by atoms with Crippen molar-refractivity contribution >= 4 is 16.8 Å². The van der Waals surface area contributed by atoms with E-state index < -0.39 is 5.69 Å². The summed E-state index contributed by atoms with van der Waals surface area (Å²) in [5.74, 6) is 0.208. The van der Waals surface area contributed by atoms with Crippen molar-refractivity contribution in [2.75, 3.05) is 6.54 Å². The predicted molar refractivity (Wildman–Crippen MR) is 99.8 cm³/mol. The molecule has 134 valence electrons. The summed E-state index contributed by atoms with van der Waals surface area (Å²) in [5, 5.41) is 1.24. The number of aromatic amines is 1. The van der Waals surface area contributed by atoms with Gasteiger partial charge in [-0.25, -0.2) is 9.78 Å². The first kappa shape index (κ1) is 16.6. The monoisotopic (exact) mass is 350 g/mol. The highest BCUT2D eigenvalue weighted by Crippen LogP contribution is 2.38. The lowest BCUT2D eigenvalue weighted by molar-refractivity contribution is -0.136. The van der Waals surface area contributed by atoms with Gasteiger partial charge in [-0.05, 0) is 30.0 Å². The fourth-order valence-corrected chi connectivity index (χ4v) is 3.99. The third-order valence-electron chi connectivity index (χ3n) is 5.12. The van der Waals surface area contributed by atoms with Gasteiger partial charge in [0.05, 0.1) is 6.04 Å². The Kier molecular flexibility index (Phi) is 4.11. The van der Waals surface area contributed by atoms with Gasteiger partial charge in [0.25, 0.3) is 0 Å². The van der Waals surface area contributed by atoms with E-state index in [0.29, 0.717) is 6.54 Å². The van der Waals surface area contributed by atoms with Crippen molar-refractivity contribution in [3.05, 3.63) is 64.5 Å². The van der Waals surface area contributed by atoms with Crippen LogP contribution < -0.4 is 5.69 Å². The fourth-order valence-electron chi connectivity index (χ4n) is 3.99. The highest BCUT2D eigenvalue weighted by atomic mass is 16.2. The normalized spacial score (nSPS) is 16.9. The maximum Gasteiger partial charge on any atom is 0.347 e. The zero-order valence-electron chi connectivity index (χ0n) is 15.0. The van der Waals surface area contributed by atoms with E-state index in [4.69, 9.17) is 0 Å². The minimum Gasteiger partial charge on any atom is -0.356 e. The Labute approximate surface area is 151 Å². The van der Waals surface area contributed by atoms with E-state index in [9.17, 15) is 9.59 Å². The molecular weight excluding hydrogens is 328 g/mol. The molecule has 3 aromatic rings. The van der Waals surface area contributed by atoms with Gasteiger partial charge in [0.15, 0.2) is 0 Å². The second-order valence-corrected chi connectivity index (χ2v) is 7.12. The SMILES string of the molecule is CC(C)[C@H]1c2[nH]c3ccccc3c2CCN1C(=O)Cn1cccnc1=O. The van der Waals surface area contributed by atoms with E-state index in [-0.39, 0.29) is 24.4 Å². The maximum atomic E-state index is 13.0. The molecule has 0 fully saturated rings. The van der Waals surface area contributed by atoms with Crippen LogP contribution in [0.15, 0.2) is 47.5 Å². The molecule has 1 aromatic carbocycles. The molecule has 0 saturated heterocycles. The molecular formula is C20H22N4O2. The van der Waals surface area contributed by atoms with Crippen LogP contribution in [0.1, 0.15) is 31.1 Å². The van der Waals surface area contributed by atoms with Crippen LogP contribution in [-0.4, -0.2) is 31.9 Å². The third-order valence-corrected chi connectivity index (χ3v) is 5.12. The lowest BCUT2D eigenvalue weighted by Gasteiger charge is -2.38. The topological polar surface area (TPSA) is 71.0 Å². The first-order valence-electron chi connectivity index (χ1n) is 8.96. The summed E-state index contributed by atoms with van der Waals surface area (Å²) in [5.41, 5.74) is 3.15. The number of aromatic nitrogens is 3.